The first-order chi connectivity index (χ1) is 12.7. The van der Waals surface area contributed by atoms with Crippen LogP contribution in [0.3, 0.4) is 0 Å². The topological polar surface area (TPSA) is 56.3 Å². The van der Waals surface area contributed by atoms with E-state index in [9.17, 15) is 0 Å². The van der Waals surface area contributed by atoms with E-state index in [-0.39, 0.29) is 0 Å². The molecule has 0 unspecified atom stereocenters. The van der Waals surface area contributed by atoms with Crippen molar-refractivity contribution in [3.05, 3.63) is 6.07 Å². The largest absolute Gasteiger partial charge is 0.362 e. The van der Waals surface area contributed by atoms with E-state index in [0.717, 1.165) is 50.8 Å². The molecule has 2 fully saturated rings. The summed E-state index contributed by atoms with van der Waals surface area (Å²) >= 11 is 5.39. The molecule has 0 aromatic carbocycles. The molecule has 0 saturated carbocycles. The molecule has 2 aliphatic heterocycles. The molecule has 0 aliphatic carbocycles. The highest BCUT2D eigenvalue weighted by atomic mass is 32.1. The Kier molecular flexibility index (Phi) is 6.88. The van der Waals surface area contributed by atoms with Gasteiger partial charge in [0.1, 0.15) is 11.6 Å². The molecule has 1 atom stereocenters. The Morgan fingerprint density at radius 1 is 1.12 bits per heavy atom. The van der Waals surface area contributed by atoms with Crippen molar-refractivity contribution in [3.8, 4) is 0 Å². The molecule has 3 rings (SSSR count). The molecule has 0 radical (unpaired) electrons. The van der Waals surface area contributed by atoms with E-state index >= 15 is 0 Å². The first kappa shape index (κ1) is 19.1. The summed E-state index contributed by atoms with van der Waals surface area (Å²) in [4.78, 5) is 14.3. The van der Waals surface area contributed by atoms with Gasteiger partial charge in [-0.3, -0.25) is 0 Å². The fourth-order valence-corrected chi connectivity index (χ4v) is 3.90. The van der Waals surface area contributed by atoms with Gasteiger partial charge in [0.15, 0.2) is 5.11 Å². The fraction of sp³-hybridized carbons (Fsp3) is 0.737. The number of rotatable bonds is 5. The number of nitrogens with zero attached hydrogens (tertiary/aromatic N) is 4. The lowest BCUT2D eigenvalue weighted by atomic mass is 10.0. The Hall–Kier alpha value is -1.63. The fourth-order valence-electron chi connectivity index (χ4n) is 3.71. The molecule has 1 aromatic heterocycles. The van der Waals surface area contributed by atoms with Crippen molar-refractivity contribution in [2.24, 2.45) is 5.92 Å². The average Bonchev–Trinajstić information content (AvgIpc) is 2.67. The average molecular weight is 377 g/mol. The Morgan fingerprint density at radius 3 is 2.50 bits per heavy atom. The van der Waals surface area contributed by atoms with Crippen molar-refractivity contribution in [2.75, 3.05) is 47.8 Å². The van der Waals surface area contributed by atoms with E-state index in [2.05, 4.69) is 40.3 Å². The van der Waals surface area contributed by atoms with Gasteiger partial charge in [0.2, 0.25) is 5.95 Å². The smallest absolute Gasteiger partial charge is 0.232 e. The van der Waals surface area contributed by atoms with Gasteiger partial charge < -0.3 is 20.4 Å². The van der Waals surface area contributed by atoms with E-state index in [1.807, 2.05) is 0 Å². The van der Waals surface area contributed by atoms with Crippen LogP contribution in [0.1, 0.15) is 52.4 Å². The lowest BCUT2D eigenvalue weighted by Crippen LogP contribution is -2.36. The lowest BCUT2D eigenvalue weighted by Gasteiger charge is -2.33. The maximum atomic E-state index is 5.39. The van der Waals surface area contributed by atoms with Crippen LogP contribution in [-0.2, 0) is 0 Å². The first-order valence-corrected chi connectivity index (χ1v) is 10.5. The first-order valence-electron chi connectivity index (χ1n) is 10.1. The summed E-state index contributed by atoms with van der Waals surface area (Å²) in [5, 5.41) is 6.99. The molecule has 7 heteroatoms. The van der Waals surface area contributed by atoms with Gasteiger partial charge in [-0.1, -0.05) is 13.8 Å². The number of piperidine rings is 2. The number of aromatic nitrogens is 2. The SMILES string of the molecule is CCCNC(=S)Nc1nc(N2CCCCC2)cc(N2CCC[C@@H](C)C2)n1. The maximum Gasteiger partial charge on any atom is 0.232 e. The monoisotopic (exact) mass is 376 g/mol. The van der Waals surface area contributed by atoms with Crippen molar-refractivity contribution in [2.45, 2.75) is 52.4 Å². The second kappa shape index (κ2) is 9.35. The van der Waals surface area contributed by atoms with Gasteiger partial charge in [0, 0.05) is 38.8 Å². The predicted molar refractivity (Wildman–Crippen MR) is 113 cm³/mol. The summed E-state index contributed by atoms with van der Waals surface area (Å²) in [7, 11) is 0. The third kappa shape index (κ3) is 5.19. The molecule has 2 aliphatic rings. The zero-order valence-electron chi connectivity index (χ0n) is 16.1. The molecular formula is C19H32N6S. The van der Waals surface area contributed by atoms with Gasteiger partial charge in [-0.05, 0) is 56.7 Å². The second-order valence-corrected chi connectivity index (χ2v) is 7.94. The minimum absolute atomic E-state index is 0.598. The van der Waals surface area contributed by atoms with Crippen LogP contribution in [0.5, 0.6) is 0 Å². The van der Waals surface area contributed by atoms with E-state index in [0.29, 0.717) is 17.0 Å². The summed E-state index contributed by atoms with van der Waals surface area (Å²) in [6.45, 7) is 9.58. The van der Waals surface area contributed by atoms with Gasteiger partial charge >= 0.3 is 0 Å². The van der Waals surface area contributed by atoms with Crippen LogP contribution < -0.4 is 20.4 Å². The minimum atomic E-state index is 0.598. The third-order valence-electron chi connectivity index (χ3n) is 5.12. The van der Waals surface area contributed by atoms with Gasteiger partial charge in [-0.2, -0.15) is 9.97 Å². The van der Waals surface area contributed by atoms with Gasteiger partial charge in [-0.15, -0.1) is 0 Å². The summed E-state index contributed by atoms with van der Waals surface area (Å²) in [6.07, 6.45) is 7.35. The number of nitrogens with one attached hydrogen (secondary N) is 2. The van der Waals surface area contributed by atoms with Crippen LogP contribution >= 0.6 is 12.2 Å². The molecule has 0 amide bonds. The minimum Gasteiger partial charge on any atom is -0.362 e. The molecule has 0 bridgehead atoms. The van der Waals surface area contributed by atoms with E-state index in [1.54, 1.807) is 0 Å². The van der Waals surface area contributed by atoms with Crippen molar-refractivity contribution >= 4 is 34.9 Å². The number of hydrogen-bond donors (Lipinski definition) is 2. The molecule has 6 nitrogen and oxygen atoms in total. The third-order valence-corrected chi connectivity index (χ3v) is 5.37. The lowest BCUT2D eigenvalue weighted by molar-refractivity contribution is 0.444. The highest BCUT2D eigenvalue weighted by molar-refractivity contribution is 7.80. The molecule has 1 aromatic rings. The van der Waals surface area contributed by atoms with Crippen LogP contribution in [0.15, 0.2) is 6.07 Å². The zero-order valence-corrected chi connectivity index (χ0v) is 16.9. The number of thiocarbonyl (C=S) groups is 1. The standard InChI is InChI=1S/C19H32N6S/c1-3-9-20-19(26)23-18-21-16(24-10-5-4-6-11-24)13-17(22-18)25-12-7-8-15(2)14-25/h13,15H,3-12,14H2,1-2H3,(H2,20,21,22,23,26)/t15-/m1/s1. The summed E-state index contributed by atoms with van der Waals surface area (Å²) in [6, 6.07) is 2.16. The Labute approximate surface area is 162 Å². The highest BCUT2D eigenvalue weighted by Crippen LogP contribution is 2.27. The van der Waals surface area contributed by atoms with Crippen molar-refractivity contribution in [3.63, 3.8) is 0 Å². The van der Waals surface area contributed by atoms with Crippen LogP contribution in [-0.4, -0.2) is 47.8 Å². The van der Waals surface area contributed by atoms with Crippen LogP contribution in [0, 0.1) is 5.92 Å². The molecule has 26 heavy (non-hydrogen) atoms. The molecule has 144 valence electrons. The van der Waals surface area contributed by atoms with Gasteiger partial charge in [0.25, 0.3) is 0 Å². The Morgan fingerprint density at radius 2 is 1.81 bits per heavy atom. The predicted octanol–water partition coefficient (Wildman–Crippen LogP) is 3.40. The van der Waals surface area contributed by atoms with Gasteiger partial charge in [0.05, 0.1) is 0 Å². The van der Waals surface area contributed by atoms with E-state index in [4.69, 9.17) is 22.2 Å². The number of anilines is 3. The highest BCUT2D eigenvalue weighted by Gasteiger charge is 2.21. The molecule has 0 spiro atoms. The Bertz CT molecular complexity index is 602. The molecule has 3 heterocycles. The summed E-state index contributed by atoms with van der Waals surface area (Å²) < 4.78 is 0. The second-order valence-electron chi connectivity index (χ2n) is 7.53. The van der Waals surface area contributed by atoms with Crippen molar-refractivity contribution in [1.82, 2.24) is 15.3 Å². The van der Waals surface area contributed by atoms with Crippen LogP contribution in [0.4, 0.5) is 17.6 Å². The van der Waals surface area contributed by atoms with Crippen LogP contribution in [0.25, 0.3) is 0 Å². The molecule has 2 saturated heterocycles. The normalized spacial score (nSPS) is 20.8. The Balaban J connectivity index is 1.82. The zero-order chi connectivity index (χ0) is 18.4. The molecule has 2 N–H and O–H groups in total. The van der Waals surface area contributed by atoms with E-state index in [1.165, 1.54) is 32.1 Å². The number of hydrogen-bond acceptors (Lipinski definition) is 5. The quantitative estimate of drug-likeness (QED) is 0.764. The summed E-state index contributed by atoms with van der Waals surface area (Å²) in [5.74, 6) is 3.36. The van der Waals surface area contributed by atoms with Crippen molar-refractivity contribution < 1.29 is 0 Å². The molecular weight excluding hydrogens is 344 g/mol. The van der Waals surface area contributed by atoms with Crippen LogP contribution in [0.2, 0.25) is 0 Å². The van der Waals surface area contributed by atoms with E-state index < -0.39 is 0 Å². The maximum absolute atomic E-state index is 5.39. The van der Waals surface area contributed by atoms with Gasteiger partial charge in [-0.25, -0.2) is 0 Å². The summed E-state index contributed by atoms with van der Waals surface area (Å²) in [5.41, 5.74) is 0. The van der Waals surface area contributed by atoms with Crippen molar-refractivity contribution in [1.29, 1.82) is 0 Å².